The van der Waals surface area contributed by atoms with Gasteiger partial charge in [-0.3, -0.25) is 9.59 Å². The average Bonchev–Trinajstić information content (AvgIpc) is 3.15. The molecule has 0 aliphatic carbocycles. The molecule has 6 heteroatoms. The van der Waals surface area contributed by atoms with Crippen LogP contribution in [0.3, 0.4) is 0 Å². The number of carbonyl (C=O) groups is 2. The first-order chi connectivity index (χ1) is 15.4. The smallest absolute Gasteiger partial charge is 0.302 e. The van der Waals surface area contributed by atoms with Gasteiger partial charge in [0.25, 0.3) is 0 Å². The van der Waals surface area contributed by atoms with Gasteiger partial charge >= 0.3 is 5.97 Å². The average molecular weight is 447 g/mol. The van der Waals surface area contributed by atoms with E-state index in [2.05, 4.69) is 13.8 Å². The minimum Gasteiger partial charge on any atom is -0.466 e. The molecular formula is C26H38O6. The van der Waals surface area contributed by atoms with E-state index >= 15 is 0 Å². The quantitative estimate of drug-likeness (QED) is 0.401. The van der Waals surface area contributed by atoms with E-state index in [4.69, 9.17) is 18.9 Å². The summed E-state index contributed by atoms with van der Waals surface area (Å²) in [7, 11) is 0. The van der Waals surface area contributed by atoms with Gasteiger partial charge in [-0.15, -0.1) is 0 Å². The third-order valence-corrected chi connectivity index (χ3v) is 5.23. The fourth-order valence-electron chi connectivity index (χ4n) is 3.78. The van der Waals surface area contributed by atoms with E-state index in [0.717, 1.165) is 18.4 Å². The molecule has 0 saturated carbocycles. The van der Waals surface area contributed by atoms with Gasteiger partial charge in [0.15, 0.2) is 5.78 Å². The summed E-state index contributed by atoms with van der Waals surface area (Å²) in [6, 6.07) is 10.0. The molecule has 32 heavy (non-hydrogen) atoms. The second kappa shape index (κ2) is 14.2. The predicted molar refractivity (Wildman–Crippen MR) is 123 cm³/mol. The van der Waals surface area contributed by atoms with Crippen LogP contribution in [0, 0.1) is 0 Å². The summed E-state index contributed by atoms with van der Waals surface area (Å²) in [5.41, 5.74) is 1.11. The molecule has 3 rings (SSSR count). The van der Waals surface area contributed by atoms with Crippen molar-refractivity contribution in [3.05, 3.63) is 48.0 Å². The van der Waals surface area contributed by atoms with E-state index in [1.807, 2.05) is 37.3 Å². The first-order valence-electron chi connectivity index (χ1n) is 11.7. The molecule has 1 aromatic rings. The Labute approximate surface area is 192 Å². The van der Waals surface area contributed by atoms with E-state index in [0.29, 0.717) is 26.1 Å². The lowest BCUT2D eigenvalue weighted by atomic mass is 10.0. The van der Waals surface area contributed by atoms with Crippen molar-refractivity contribution in [2.75, 3.05) is 6.61 Å². The number of benzene rings is 1. The Balaban J connectivity index is 0.00000114. The van der Waals surface area contributed by atoms with Crippen LogP contribution in [0.15, 0.2) is 42.5 Å². The first kappa shape index (κ1) is 26.2. The lowest BCUT2D eigenvalue weighted by molar-refractivity contribution is -0.141. The Morgan fingerprint density at radius 1 is 1.16 bits per heavy atom. The molecule has 0 radical (unpaired) electrons. The van der Waals surface area contributed by atoms with Crippen molar-refractivity contribution in [2.24, 2.45) is 0 Å². The number of ketones is 1. The number of rotatable bonds is 9. The van der Waals surface area contributed by atoms with E-state index in [-0.39, 0.29) is 36.2 Å². The third-order valence-electron chi connectivity index (χ3n) is 5.23. The molecule has 0 aromatic heterocycles. The maximum absolute atomic E-state index is 12.1. The van der Waals surface area contributed by atoms with Gasteiger partial charge in [0.1, 0.15) is 6.10 Å². The Morgan fingerprint density at radius 3 is 2.56 bits per heavy atom. The fourth-order valence-corrected chi connectivity index (χ4v) is 3.78. The van der Waals surface area contributed by atoms with Crippen LogP contribution < -0.4 is 0 Å². The summed E-state index contributed by atoms with van der Waals surface area (Å²) in [4.78, 5) is 23.1. The molecule has 6 nitrogen and oxygen atoms in total. The highest BCUT2D eigenvalue weighted by molar-refractivity contribution is 5.94. The first-order valence-corrected chi connectivity index (χ1v) is 11.7. The maximum atomic E-state index is 12.1. The predicted octanol–water partition coefficient (Wildman–Crippen LogP) is 4.79. The topological polar surface area (TPSA) is 71.1 Å². The zero-order valence-corrected chi connectivity index (χ0v) is 19.8. The Bertz CT molecular complexity index is 716. The van der Waals surface area contributed by atoms with Crippen molar-refractivity contribution in [1.29, 1.82) is 0 Å². The van der Waals surface area contributed by atoms with Crippen molar-refractivity contribution >= 4 is 11.8 Å². The molecule has 0 bridgehead atoms. The maximum Gasteiger partial charge on any atom is 0.302 e. The zero-order valence-electron chi connectivity index (χ0n) is 19.8. The highest BCUT2D eigenvalue weighted by Gasteiger charge is 2.38. The monoisotopic (exact) mass is 446 g/mol. The van der Waals surface area contributed by atoms with Crippen LogP contribution >= 0.6 is 0 Å². The molecule has 1 fully saturated rings. The van der Waals surface area contributed by atoms with Gasteiger partial charge in [0.05, 0.1) is 37.6 Å². The summed E-state index contributed by atoms with van der Waals surface area (Å²) >= 11 is 0. The SMILES string of the molecule is CC(=O)OCCC[C@H]1OC(C[C@H]2OC(C)C=CC2=O)C[C@H]1OCc1ccccc1.CCC. The van der Waals surface area contributed by atoms with Crippen LogP contribution in [-0.4, -0.2) is 48.9 Å². The summed E-state index contributed by atoms with van der Waals surface area (Å²) in [5.74, 6) is -0.283. The fraction of sp³-hybridized carbons (Fsp3) is 0.615. The molecule has 178 valence electrons. The molecule has 1 saturated heterocycles. The van der Waals surface area contributed by atoms with E-state index in [9.17, 15) is 9.59 Å². The number of hydrogen-bond acceptors (Lipinski definition) is 6. The highest BCUT2D eigenvalue weighted by atomic mass is 16.6. The minimum absolute atomic E-state index is 0.00763. The Morgan fingerprint density at radius 2 is 1.88 bits per heavy atom. The third kappa shape index (κ3) is 9.23. The van der Waals surface area contributed by atoms with E-state index < -0.39 is 6.10 Å². The second-order valence-electron chi connectivity index (χ2n) is 8.38. The molecule has 0 N–H and O–H groups in total. The van der Waals surface area contributed by atoms with Gasteiger partial charge in [-0.1, -0.05) is 56.7 Å². The zero-order chi connectivity index (χ0) is 23.3. The van der Waals surface area contributed by atoms with Crippen molar-refractivity contribution in [1.82, 2.24) is 0 Å². The van der Waals surface area contributed by atoms with Crippen LogP contribution in [0.25, 0.3) is 0 Å². The molecule has 2 aliphatic heterocycles. The van der Waals surface area contributed by atoms with Gasteiger partial charge in [0, 0.05) is 19.8 Å². The normalized spacial score (nSPS) is 27.0. The van der Waals surface area contributed by atoms with Crippen molar-refractivity contribution in [2.45, 2.75) is 96.9 Å². The Kier molecular flexibility index (Phi) is 11.6. The molecule has 2 aliphatic rings. The number of ether oxygens (including phenoxy) is 4. The van der Waals surface area contributed by atoms with Crippen LogP contribution in [0.1, 0.15) is 65.4 Å². The lowest BCUT2D eigenvalue weighted by Gasteiger charge is -2.24. The van der Waals surface area contributed by atoms with Crippen LogP contribution in [0.4, 0.5) is 0 Å². The number of esters is 1. The number of carbonyl (C=O) groups excluding carboxylic acids is 2. The number of hydrogen-bond donors (Lipinski definition) is 0. The van der Waals surface area contributed by atoms with Gasteiger partial charge in [0.2, 0.25) is 0 Å². The molecule has 0 spiro atoms. The van der Waals surface area contributed by atoms with Gasteiger partial charge in [-0.2, -0.15) is 0 Å². The van der Waals surface area contributed by atoms with Crippen LogP contribution in [0.5, 0.6) is 0 Å². The Hall–Kier alpha value is -2.02. The summed E-state index contributed by atoms with van der Waals surface area (Å²) in [6.45, 7) is 8.47. The van der Waals surface area contributed by atoms with Crippen LogP contribution in [0.2, 0.25) is 0 Å². The molecule has 2 heterocycles. The van der Waals surface area contributed by atoms with Gasteiger partial charge < -0.3 is 18.9 Å². The minimum atomic E-state index is -0.463. The molecular weight excluding hydrogens is 408 g/mol. The van der Waals surface area contributed by atoms with Crippen molar-refractivity contribution in [3.8, 4) is 0 Å². The summed E-state index contributed by atoms with van der Waals surface area (Å²) in [6.07, 6.45) is 6.54. The largest absolute Gasteiger partial charge is 0.466 e. The van der Waals surface area contributed by atoms with E-state index in [1.165, 1.54) is 13.3 Å². The van der Waals surface area contributed by atoms with Gasteiger partial charge in [-0.25, -0.2) is 0 Å². The van der Waals surface area contributed by atoms with Crippen LogP contribution in [-0.2, 0) is 35.1 Å². The van der Waals surface area contributed by atoms with E-state index in [1.54, 1.807) is 12.2 Å². The highest BCUT2D eigenvalue weighted by Crippen LogP contribution is 2.31. The van der Waals surface area contributed by atoms with Crippen molar-refractivity contribution < 1.29 is 28.5 Å². The second-order valence-corrected chi connectivity index (χ2v) is 8.38. The molecule has 2 unspecified atom stereocenters. The summed E-state index contributed by atoms with van der Waals surface area (Å²) in [5, 5.41) is 0. The van der Waals surface area contributed by atoms with Crippen molar-refractivity contribution in [3.63, 3.8) is 0 Å². The molecule has 0 amide bonds. The molecule has 1 aromatic carbocycles. The van der Waals surface area contributed by atoms with Gasteiger partial charge in [-0.05, 0) is 31.4 Å². The molecule has 5 atom stereocenters. The standard InChI is InChI=1S/C23H30O6.C3H8/c1-16-10-11-20(25)22(28-16)13-19-14-23(27-15-18-7-4-3-5-8-18)21(29-19)9-6-12-26-17(2)24;1-3-2/h3-5,7-8,10-11,16,19,21-23H,6,9,12-15H2,1-2H3;3H2,1-2H3/t16?,19?,21-,22-,23-;/m1./s1. The lowest BCUT2D eigenvalue weighted by Crippen LogP contribution is -2.33. The summed E-state index contributed by atoms with van der Waals surface area (Å²) < 4.78 is 23.2.